The first-order valence-electron chi connectivity index (χ1n) is 9.49. The van der Waals surface area contributed by atoms with Gasteiger partial charge in [0.2, 0.25) is 0 Å². The van der Waals surface area contributed by atoms with E-state index in [0.717, 1.165) is 43.4 Å². The third-order valence-electron chi connectivity index (χ3n) is 5.40. The minimum absolute atomic E-state index is 0.146. The van der Waals surface area contributed by atoms with Crippen molar-refractivity contribution in [2.75, 3.05) is 31.6 Å². The van der Waals surface area contributed by atoms with Crippen LogP contribution in [0.3, 0.4) is 0 Å². The van der Waals surface area contributed by atoms with Crippen LogP contribution in [0.25, 0.3) is 0 Å². The van der Waals surface area contributed by atoms with E-state index >= 15 is 0 Å². The highest BCUT2D eigenvalue weighted by Crippen LogP contribution is 2.32. The van der Waals surface area contributed by atoms with Crippen LogP contribution in [-0.4, -0.2) is 49.3 Å². The average Bonchev–Trinajstić information content (AvgIpc) is 3.23. The lowest BCUT2D eigenvalue weighted by Gasteiger charge is -2.23. The molecule has 0 spiro atoms. The number of fused-ring (bicyclic) bond motifs is 1. The second kappa shape index (κ2) is 7.52. The Hall–Kier alpha value is -1.95. The van der Waals surface area contributed by atoms with Crippen molar-refractivity contribution in [2.45, 2.75) is 50.6 Å². The molecule has 0 radical (unpaired) electrons. The Morgan fingerprint density at radius 1 is 1.04 bits per heavy atom. The van der Waals surface area contributed by atoms with E-state index in [9.17, 15) is 4.79 Å². The molecule has 0 bridgehead atoms. The zero-order valence-corrected chi connectivity index (χ0v) is 14.6. The molecule has 6 nitrogen and oxygen atoms in total. The van der Waals surface area contributed by atoms with Gasteiger partial charge in [0.1, 0.15) is 0 Å². The second-order valence-corrected chi connectivity index (χ2v) is 7.23. The SMILES string of the molecule is O=C(Nc1ccc2c(c1)OCCCO2)NC1CCN(C2CCCC2)C1. The van der Waals surface area contributed by atoms with Crippen LogP contribution in [0.1, 0.15) is 38.5 Å². The highest BCUT2D eigenvalue weighted by Gasteiger charge is 2.30. The molecule has 2 heterocycles. The molecule has 0 aromatic heterocycles. The molecule has 1 saturated carbocycles. The Kier molecular flexibility index (Phi) is 4.97. The maximum atomic E-state index is 12.3. The first kappa shape index (κ1) is 16.5. The molecule has 1 aromatic rings. The van der Waals surface area contributed by atoms with Crippen molar-refractivity contribution in [1.82, 2.24) is 10.2 Å². The number of rotatable bonds is 3. The van der Waals surface area contributed by atoms with Crippen LogP contribution in [0, 0.1) is 0 Å². The topological polar surface area (TPSA) is 62.8 Å². The lowest BCUT2D eigenvalue weighted by molar-refractivity contribution is 0.234. The van der Waals surface area contributed by atoms with Gasteiger partial charge in [-0.15, -0.1) is 0 Å². The summed E-state index contributed by atoms with van der Waals surface area (Å²) in [6, 6.07) is 6.37. The van der Waals surface area contributed by atoms with E-state index in [1.807, 2.05) is 18.2 Å². The summed E-state index contributed by atoms with van der Waals surface area (Å²) < 4.78 is 11.3. The van der Waals surface area contributed by atoms with Gasteiger partial charge in [-0.3, -0.25) is 4.90 Å². The Morgan fingerprint density at radius 3 is 2.68 bits per heavy atom. The van der Waals surface area contributed by atoms with Crippen molar-refractivity contribution in [3.05, 3.63) is 18.2 Å². The smallest absolute Gasteiger partial charge is 0.319 e. The lowest BCUT2D eigenvalue weighted by Crippen LogP contribution is -2.41. The number of hydrogen-bond donors (Lipinski definition) is 2. The number of carbonyl (C=O) groups excluding carboxylic acids is 1. The fourth-order valence-electron chi connectivity index (χ4n) is 4.10. The maximum absolute atomic E-state index is 12.3. The van der Waals surface area contributed by atoms with Crippen molar-refractivity contribution in [3.63, 3.8) is 0 Å². The quantitative estimate of drug-likeness (QED) is 0.884. The largest absolute Gasteiger partial charge is 0.490 e. The predicted molar refractivity (Wildman–Crippen MR) is 96.4 cm³/mol. The van der Waals surface area contributed by atoms with E-state index in [-0.39, 0.29) is 12.1 Å². The molecule has 2 N–H and O–H groups in total. The van der Waals surface area contributed by atoms with Crippen LogP contribution in [0.5, 0.6) is 11.5 Å². The minimum Gasteiger partial charge on any atom is -0.490 e. The average molecular weight is 345 g/mol. The summed E-state index contributed by atoms with van der Waals surface area (Å²) in [5.41, 5.74) is 0.729. The monoisotopic (exact) mass is 345 g/mol. The van der Waals surface area contributed by atoms with Crippen molar-refractivity contribution in [2.24, 2.45) is 0 Å². The predicted octanol–water partition coefficient (Wildman–Crippen LogP) is 2.99. The number of amides is 2. The van der Waals surface area contributed by atoms with E-state index in [4.69, 9.17) is 9.47 Å². The summed E-state index contributed by atoms with van der Waals surface area (Å²) >= 11 is 0. The molecule has 2 fully saturated rings. The van der Waals surface area contributed by atoms with Crippen LogP contribution in [0.15, 0.2) is 18.2 Å². The number of nitrogens with zero attached hydrogens (tertiary/aromatic N) is 1. The summed E-state index contributed by atoms with van der Waals surface area (Å²) in [7, 11) is 0. The molecule has 2 amide bonds. The van der Waals surface area contributed by atoms with Crippen molar-refractivity contribution in [3.8, 4) is 11.5 Å². The van der Waals surface area contributed by atoms with Gasteiger partial charge in [-0.1, -0.05) is 12.8 Å². The molecule has 136 valence electrons. The summed E-state index contributed by atoms with van der Waals surface area (Å²) in [5, 5.41) is 6.03. The van der Waals surface area contributed by atoms with Crippen LogP contribution < -0.4 is 20.1 Å². The molecular weight excluding hydrogens is 318 g/mol. The molecule has 1 atom stereocenters. The highest BCUT2D eigenvalue weighted by molar-refractivity contribution is 5.89. The van der Waals surface area contributed by atoms with Crippen LogP contribution in [-0.2, 0) is 0 Å². The minimum atomic E-state index is -0.146. The summed E-state index contributed by atoms with van der Waals surface area (Å²) in [4.78, 5) is 14.9. The fourth-order valence-corrected chi connectivity index (χ4v) is 4.10. The van der Waals surface area contributed by atoms with E-state index in [1.54, 1.807) is 0 Å². The first-order valence-corrected chi connectivity index (χ1v) is 9.49. The zero-order chi connectivity index (χ0) is 17.1. The summed E-state index contributed by atoms with van der Waals surface area (Å²) in [6.07, 6.45) is 7.24. The van der Waals surface area contributed by atoms with Crippen molar-refractivity contribution >= 4 is 11.7 Å². The Labute approximate surface area is 148 Å². The Morgan fingerprint density at radius 2 is 1.84 bits per heavy atom. The van der Waals surface area contributed by atoms with Gasteiger partial charge in [-0.05, 0) is 31.4 Å². The Balaban J connectivity index is 1.30. The number of carbonyl (C=O) groups is 1. The molecule has 1 unspecified atom stereocenters. The molecule has 4 rings (SSSR count). The number of hydrogen-bond acceptors (Lipinski definition) is 4. The molecule has 1 aliphatic carbocycles. The van der Waals surface area contributed by atoms with Gasteiger partial charge in [0, 0.05) is 43.3 Å². The number of ether oxygens (including phenoxy) is 2. The van der Waals surface area contributed by atoms with Gasteiger partial charge in [0.05, 0.1) is 13.2 Å². The standard InChI is InChI=1S/C19H27N3O3/c23-19(21-15-8-9-22(13-15)16-4-1-2-5-16)20-14-6-7-17-18(12-14)25-11-3-10-24-17/h6-7,12,15-16H,1-5,8-11,13H2,(H2,20,21,23). The Bertz CT molecular complexity index is 616. The molecule has 2 aliphatic heterocycles. The third kappa shape index (κ3) is 4.00. The highest BCUT2D eigenvalue weighted by atomic mass is 16.5. The van der Waals surface area contributed by atoms with Crippen LogP contribution >= 0.6 is 0 Å². The maximum Gasteiger partial charge on any atom is 0.319 e. The fraction of sp³-hybridized carbons (Fsp3) is 0.632. The number of nitrogens with one attached hydrogen (secondary N) is 2. The van der Waals surface area contributed by atoms with Gasteiger partial charge >= 0.3 is 6.03 Å². The van der Waals surface area contributed by atoms with E-state index < -0.39 is 0 Å². The lowest BCUT2D eigenvalue weighted by atomic mass is 10.2. The molecule has 25 heavy (non-hydrogen) atoms. The molecule has 3 aliphatic rings. The van der Waals surface area contributed by atoms with E-state index in [1.165, 1.54) is 25.7 Å². The van der Waals surface area contributed by atoms with E-state index in [0.29, 0.717) is 19.0 Å². The normalized spacial score (nSPS) is 24.1. The molecule has 1 aromatic carbocycles. The summed E-state index contributed by atoms with van der Waals surface area (Å²) in [5.74, 6) is 1.44. The van der Waals surface area contributed by atoms with Crippen molar-refractivity contribution < 1.29 is 14.3 Å². The van der Waals surface area contributed by atoms with Gasteiger partial charge in [-0.25, -0.2) is 4.79 Å². The van der Waals surface area contributed by atoms with Gasteiger partial charge in [0.25, 0.3) is 0 Å². The molecular formula is C19H27N3O3. The number of benzene rings is 1. The van der Waals surface area contributed by atoms with Gasteiger partial charge < -0.3 is 20.1 Å². The number of likely N-dealkylation sites (tertiary alicyclic amines) is 1. The van der Waals surface area contributed by atoms with Crippen molar-refractivity contribution in [1.29, 1.82) is 0 Å². The van der Waals surface area contributed by atoms with Gasteiger partial charge in [0.15, 0.2) is 11.5 Å². The number of urea groups is 1. The molecule has 6 heteroatoms. The second-order valence-electron chi connectivity index (χ2n) is 7.23. The van der Waals surface area contributed by atoms with Gasteiger partial charge in [-0.2, -0.15) is 0 Å². The third-order valence-corrected chi connectivity index (χ3v) is 5.40. The summed E-state index contributed by atoms with van der Waals surface area (Å²) in [6.45, 7) is 3.38. The molecule has 1 saturated heterocycles. The number of anilines is 1. The van der Waals surface area contributed by atoms with Crippen LogP contribution in [0.2, 0.25) is 0 Å². The van der Waals surface area contributed by atoms with Crippen LogP contribution in [0.4, 0.5) is 10.5 Å². The zero-order valence-electron chi connectivity index (χ0n) is 14.6. The first-order chi connectivity index (χ1) is 12.3. The van der Waals surface area contributed by atoms with E-state index in [2.05, 4.69) is 15.5 Å².